The number of fused-ring (bicyclic) bond motifs is 1. The molecule has 1 amide bonds. The first-order valence-corrected chi connectivity index (χ1v) is 9.52. The molecule has 4 rings (SSSR count). The number of hydrogen-bond acceptors (Lipinski definition) is 3. The van der Waals surface area contributed by atoms with E-state index in [9.17, 15) is 4.79 Å². The number of benzene rings is 1. The fraction of sp³-hybridized carbons (Fsp3) is 0.650. The van der Waals surface area contributed by atoms with Gasteiger partial charge < -0.3 is 10.2 Å². The molecule has 6 heteroatoms. The summed E-state index contributed by atoms with van der Waals surface area (Å²) in [5.41, 5.74) is 2.66. The number of carbonyl (C=O) groups is 1. The Morgan fingerprint density at radius 3 is 2.58 bits per heavy atom. The van der Waals surface area contributed by atoms with Gasteiger partial charge in [-0.15, -0.1) is 24.8 Å². The van der Waals surface area contributed by atoms with E-state index in [1.807, 2.05) is 0 Å². The number of halogens is 2. The smallest absolute Gasteiger partial charge is 0.237 e. The molecule has 3 aliphatic rings. The van der Waals surface area contributed by atoms with Crippen LogP contribution in [0.2, 0.25) is 0 Å². The molecule has 0 aromatic heterocycles. The molecule has 3 fully saturated rings. The average molecular weight is 400 g/mol. The molecule has 1 aromatic carbocycles. The SMILES string of the molecule is Cc1ccccc1[C@@H]1[C@H]2CNC[C@H]2CN1C(=O)CN1CCCCC1.Cl.Cl. The van der Waals surface area contributed by atoms with Crippen molar-refractivity contribution in [2.75, 3.05) is 39.3 Å². The zero-order valence-electron chi connectivity index (χ0n) is 15.5. The number of amides is 1. The second kappa shape index (κ2) is 9.41. The molecule has 0 saturated carbocycles. The van der Waals surface area contributed by atoms with Crippen LogP contribution >= 0.6 is 24.8 Å². The molecule has 0 spiro atoms. The second-order valence-electron chi connectivity index (χ2n) is 7.77. The number of likely N-dealkylation sites (tertiary alicyclic amines) is 2. The summed E-state index contributed by atoms with van der Waals surface area (Å²) in [6.45, 7) is 7.97. The van der Waals surface area contributed by atoms with Gasteiger partial charge in [0.05, 0.1) is 12.6 Å². The summed E-state index contributed by atoms with van der Waals surface area (Å²) in [5, 5.41) is 3.54. The highest BCUT2D eigenvalue weighted by molar-refractivity contribution is 5.85. The summed E-state index contributed by atoms with van der Waals surface area (Å²) >= 11 is 0. The van der Waals surface area contributed by atoms with E-state index < -0.39 is 0 Å². The Morgan fingerprint density at radius 1 is 1.12 bits per heavy atom. The lowest BCUT2D eigenvalue weighted by atomic mass is 9.87. The number of nitrogens with zero attached hydrogens (tertiary/aromatic N) is 2. The Balaban J connectivity index is 0.00000121. The minimum atomic E-state index is 0. The maximum absolute atomic E-state index is 13.1. The molecule has 3 saturated heterocycles. The van der Waals surface area contributed by atoms with Gasteiger partial charge in [0.15, 0.2) is 0 Å². The molecular weight excluding hydrogens is 369 g/mol. The van der Waals surface area contributed by atoms with Gasteiger partial charge in [0.2, 0.25) is 5.91 Å². The zero-order valence-corrected chi connectivity index (χ0v) is 17.2. The van der Waals surface area contributed by atoms with E-state index in [2.05, 4.69) is 46.3 Å². The third kappa shape index (κ3) is 4.19. The fourth-order valence-electron chi connectivity index (χ4n) is 4.89. The molecular formula is C20H31Cl2N3O. The summed E-state index contributed by atoms with van der Waals surface area (Å²) < 4.78 is 0. The number of carbonyl (C=O) groups excluding carboxylic acids is 1. The van der Waals surface area contributed by atoms with Gasteiger partial charge in [0.25, 0.3) is 0 Å². The van der Waals surface area contributed by atoms with Crippen molar-refractivity contribution in [2.45, 2.75) is 32.2 Å². The van der Waals surface area contributed by atoms with Crippen LogP contribution in [0.1, 0.15) is 36.4 Å². The molecule has 0 bridgehead atoms. The summed E-state index contributed by atoms with van der Waals surface area (Å²) in [4.78, 5) is 17.7. The molecule has 1 N–H and O–H groups in total. The zero-order chi connectivity index (χ0) is 16.5. The topological polar surface area (TPSA) is 35.6 Å². The van der Waals surface area contributed by atoms with Gasteiger partial charge in [0.1, 0.15) is 0 Å². The lowest BCUT2D eigenvalue weighted by Crippen LogP contribution is -2.43. The summed E-state index contributed by atoms with van der Waals surface area (Å²) in [6, 6.07) is 8.87. The normalized spacial score (nSPS) is 28.2. The van der Waals surface area contributed by atoms with Crippen LogP contribution in [-0.2, 0) is 4.79 Å². The highest BCUT2D eigenvalue weighted by Crippen LogP contribution is 2.43. The highest BCUT2D eigenvalue weighted by Gasteiger charge is 2.47. The average Bonchev–Trinajstić information content (AvgIpc) is 3.17. The third-order valence-electron chi connectivity index (χ3n) is 6.20. The first-order valence-electron chi connectivity index (χ1n) is 9.52. The number of rotatable bonds is 3. The minimum Gasteiger partial charge on any atom is -0.334 e. The molecule has 0 unspecified atom stereocenters. The van der Waals surface area contributed by atoms with E-state index in [-0.39, 0.29) is 30.9 Å². The first-order chi connectivity index (χ1) is 11.7. The van der Waals surface area contributed by atoms with Crippen molar-refractivity contribution in [2.24, 2.45) is 11.8 Å². The van der Waals surface area contributed by atoms with E-state index in [0.29, 0.717) is 24.3 Å². The van der Waals surface area contributed by atoms with Gasteiger partial charge >= 0.3 is 0 Å². The van der Waals surface area contributed by atoms with Gasteiger partial charge in [-0.1, -0.05) is 30.7 Å². The molecule has 1 aromatic rings. The lowest BCUT2D eigenvalue weighted by molar-refractivity contribution is -0.134. The number of nitrogens with one attached hydrogen (secondary N) is 1. The Morgan fingerprint density at radius 2 is 1.85 bits per heavy atom. The van der Waals surface area contributed by atoms with Crippen molar-refractivity contribution in [3.63, 3.8) is 0 Å². The fourth-order valence-corrected chi connectivity index (χ4v) is 4.89. The maximum atomic E-state index is 13.1. The second-order valence-corrected chi connectivity index (χ2v) is 7.77. The molecule has 0 aliphatic carbocycles. The van der Waals surface area contributed by atoms with Gasteiger partial charge in [-0.05, 0) is 49.9 Å². The van der Waals surface area contributed by atoms with Gasteiger partial charge in [-0.3, -0.25) is 9.69 Å². The van der Waals surface area contributed by atoms with E-state index in [1.54, 1.807) is 0 Å². The van der Waals surface area contributed by atoms with Gasteiger partial charge in [-0.2, -0.15) is 0 Å². The molecule has 3 heterocycles. The predicted molar refractivity (Wildman–Crippen MR) is 110 cm³/mol. The van der Waals surface area contributed by atoms with Crippen molar-refractivity contribution in [3.8, 4) is 0 Å². The van der Waals surface area contributed by atoms with Crippen LogP contribution in [0.15, 0.2) is 24.3 Å². The number of hydrogen-bond donors (Lipinski definition) is 1. The molecule has 3 atom stereocenters. The molecule has 4 nitrogen and oxygen atoms in total. The summed E-state index contributed by atoms with van der Waals surface area (Å²) in [6.07, 6.45) is 3.80. The van der Waals surface area contributed by atoms with Crippen molar-refractivity contribution in [1.29, 1.82) is 0 Å². The van der Waals surface area contributed by atoms with E-state index in [4.69, 9.17) is 0 Å². The van der Waals surface area contributed by atoms with Crippen molar-refractivity contribution >= 4 is 30.7 Å². The molecule has 0 radical (unpaired) electrons. The van der Waals surface area contributed by atoms with Crippen LogP contribution < -0.4 is 5.32 Å². The standard InChI is InChI=1S/C20H29N3O.2ClH/c1-15-7-3-4-8-17(15)20-18-12-21-11-16(18)13-23(20)19(24)14-22-9-5-2-6-10-22;;/h3-4,7-8,16,18,20-21H,2,5-6,9-14H2,1H3;2*1H/t16-,18-,20+;;/m0../s1. The summed E-state index contributed by atoms with van der Waals surface area (Å²) in [7, 11) is 0. The highest BCUT2D eigenvalue weighted by atomic mass is 35.5. The van der Waals surface area contributed by atoms with Gasteiger partial charge in [0, 0.05) is 25.6 Å². The van der Waals surface area contributed by atoms with Crippen LogP contribution in [0, 0.1) is 18.8 Å². The van der Waals surface area contributed by atoms with Crippen LogP contribution in [0.3, 0.4) is 0 Å². The third-order valence-corrected chi connectivity index (χ3v) is 6.20. The van der Waals surface area contributed by atoms with Crippen LogP contribution in [-0.4, -0.2) is 55.0 Å². The van der Waals surface area contributed by atoms with Crippen molar-refractivity contribution in [3.05, 3.63) is 35.4 Å². The Kier molecular flexibility index (Phi) is 7.77. The first kappa shape index (κ1) is 21.5. The Labute approximate surface area is 169 Å². The van der Waals surface area contributed by atoms with Crippen LogP contribution in [0.4, 0.5) is 0 Å². The van der Waals surface area contributed by atoms with Gasteiger partial charge in [-0.25, -0.2) is 0 Å². The molecule has 146 valence electrons. The van der Waals surface area contributed by atoms with Crippen LogP contribution in [0.5, 0.6) is 0 Å². The lowest BCUT2D eigenvalue weighted by Gasteiger charge is -2.33. The molecule has 26 heavy (non-hydrogen) atoms. The summed E-state index contributed by atoms with van der Waals surface area (Å²) in [5.74, 6) is 1.51. The predicted octanol–water partition coefficient (Wildman–Crippen LogP) is 3.04. The maximum Gasteiger partial charge on any atom is 0.237 e. The Bertz CT molecular complexity index is 606. The quantitative estimate of drug-likeness (QED) is 0.847. The molecule has 3 aliphatic heterocycles. The number of piperidine rings is 1. The van der Waals surface area contributed by atoms with Crippen molar-refractivity contribution < 1.29 is 4.79 Å². The number of aryl methyl sites for hydroxylation is 1. The van der Waals surface area contributed by atoms with Crippen LogP contribution in [0.25, 0.3) is 0 Å². The minimum absolute atomic E-state index is 0. The van der Waals surface area contributed by atoms with E-state index >= 15 is 0 Å². The Hall–Kier alpha value is -0.810. The van der Waals surface area contributed by atoms with E-state index in [0.717, 1.165) is 32.7 Å². The van der Waals surface area contributed by atoms with Crippen molar-refractivity contribution in [1.82, 2.24) is 15.1 Å². The largest absolute Gasteiger partial charge is 0.334 e. The monoisotopic (exact) mass is 399 g/mol. The van der Waals surface area contributed by atoms with E-state index in [1.165, 1.54) is 30.4 Å².